The van der Waals surface area contributed by atoms with Crippen molar-refractivity contribution in [2.24, 2.45) is 0 Å². The van der Waals surface area contributed by atoms with Gasteiger partial charge in [-0.05, 0) is 46.1 Å². The maximum absolute atomic E-state index is 4.53. The van der Waals surface area contributed by atoms with Gasteiger partial charge in [-0.3, -0.25) is 4.98 Å². The number of benzene rings is 1. The zero-order chi connectivity index (χ0) is 14.6. The molecule has 0 saturated heterocycles. The molecule has 0 bridgehead atoms. The first-order valence-electron chi connectivity index (χ1n) is 6.40. The molecule has 0 saturated carbocycles. The first-order valence-corrected chi connectivity index (χ1v) is 9.43. The van der Waals surface area contributed by atoms with E-state index in [0.29, 0.717) is 0 Å². The number of alkyl halides is 2. The molecule has 4 heteroatoms. The van der Waals surface area contributed by atoms with Crippen LogP contribution in [0.1, 0.15) is 16.8 Å². The number of aromatic nitrogens is 1. The van der Waals surface area contributed by atoms with Crippen molar-refractivity contribution in [2.45, 2.75) is 18.8 Å². The second-order valence-electron chi connectivity index (χ2n) is 5.01. The summed E-state index contributed by atoms with van der Waals surface area (Å²) >= 11 is 10.9. The van der Waals surface area contributed by atoms with Gasteiger partial charge in [0, 0.05) is 38.9 Å². The average Bonchev–Trinajstić information content (AvgIpc) is 2.48. The molecule has 0 N–H and O–H groups in total. The van der Waals surface area contributed by atoms with Gasteiger partial charge in [0.15, 0.2) is 0 Å². The van der Waals surface area contributed by atoms with E-state index in [2.05, 4.69) is 90.0 Å². The molecule has 20 heavy (non-hydrogen) atoms. The van der Waals surface area contributed by atoms with Crippen LogP contribution in [0.5, 0.6) is 0 Å². The Kier molecular flexibility index (Phi) is 5.82. The molecule has 0 fully saturated rings. The van der Waals surface area contributed by atoms with E-state index in [-0.39, 0.29) is 5.41 Å². The third-order valence-electron chi connectivity index (χ3n) is 3.54. The summed E-state index contributed by atoms with van der Waals surface area (Å²) in [5.74, 6) is 0. The third-order valence-corrected chi connectivity index (χ3v) is 6.15. The molecule has 0 atom stereocenters. The van der Waals surface area contributed by atoms with Crippen LogP contribution in [0.15, 0.2) is 47.1 Å². The molecule has 0 aliphatic rings. The Bertz CT molecular complexity index is 562. The van der Waals surface area contributed by atoms with Crippen molar-refractivity contribution >= 4 is 47.8 Å². The SMILES string of the molecule is Cc1ccccc1C(CBr)(CBr)Cc1ccc(Br)cn1. The number of nitrogens with zero attached hydrogens (tertiary/aromatic N) is 1. The van der Waals surface area contributed by atoms with Gasteiger partial charge in [-0.1, -0.05) is 56.1 Å². The minimum absolute atomic E-state index is 0.0200. The number of aryl methyl sites for hydroxylation is 1. The minimum atomic E-state index is 0.0200. The van der Waals surface area contributed by atoms with Gasteiger partial charge >= 0.3 is 0 Å². The zero-order valence-corrected chi connectivity index (χ0v) is 16.0. The molecule has 0 spiro atoms. The topological polar surface area (TPSA) is 12.9 Å². The quantitative estimate of drug-likeness (QED) is 0.541. The van der Waals surface area contributed by atoms with Crippen LogP contribution in [0.2, 0.25) is 0 Å². The van der Waals surface area contributed by atoms with Crippen molar-refractivity contribution in [2.75, 3.05) is 10.7 Å². The Morgan fingerprint density at radius 2 is 1.75 bits per heavy atom. The summed E-state index contributed by atoms with van der Waals surface area (Å²) in [6.45, 7) is 2.17. The molecule has 0 aliphatic carbocycles. The smallest absolute Gasteiger partial charge is 0.0413 e. The Balaban J connectivity index is 2.39. The van der Waals surface area contributed by atoms with E-state index < -0.39 is 0 Å². The van der Waals surface area contributed by atoms with Gasteiger partial charge in [-0.15, -0.1) is 0 Å². The fourth-order valence-electron chi connectivity index (χ4n) is 2.40. The van der Waals surface area contributed by atoms with Gasteiger partial charge in [0.2, 0.25) is 0 Å². The monoisotopic (exact) mass is 459 g/mol. The fourth-order valence-corrected chi connectivity index (χ4v) is 4.56. The molecule has 2 rings (SSSR count). The standard InChI is InChI=1S/C16H16Br3N/c1-12-4-2-3-5-15(12)16(10-17,11-18)8-14-7-6-13(19)9-20-14/h2-7,9H,8,10-11H2,1H3. The lowest BCUT2D eigenvalue weighted by Gasteiger charge is -2.32. The van der Waals surface area contributed by atoms with Gasteiger partial charge in [-0.2, -0.15) is 0 Å². The van der Waals surface area contributed by atoms with E-state index in [9.17, 15) is 0 Å². The van der Waals surface area contributed by atoms with Crippen LogP contribution in [0, 0.1) is 6.92 Å². The van der Waals surface area contributed by atoms with Crippen molar-refractivity contribution in [3.05, 3.63) is 63.9 Å². The highest BCUT2D eigenvalue weighted by Gasteiger charge is 2.32. The number of hydrogen-bond acceptors (Lipinski definition) is 1. The van der Waals surface area contributed by atoms with Crippen molar-refractivity contribution in [1.82, 2.24) is 4.98 Å². The molecular weight excluding hydrogens is 446 g/mol. The molecule has 0 aliphatic heterocycles. The van der Waals surface area contributed by atoms with Crippen LogP contribution in [0.4, 0.5) is 0 Å². The first-order chi connectivity index (χ1) is 9.61. The maximum Gasteiger partial charge on any atom is 0.0413 e. The summed E-state index contributed by atoms with van der Waals surface area (Å²) in [6, 6.07) is 12.7. The Morgan fingerprint density at radius 3 is 2.30 bits per heavy atom. The first kappa shape index (κ1) is 16.2. The molecule has 0 unspecified atom stereocenters. The highest BCUT2D eigenvalue weighted by molar-refractivity contribution is 9.10. The summed E-state index contributed by atoms with van der Waals surface area (Å²) in [5.41, 5.74) is 3.82. The normalized spacial score (nSPS) is 11.6. The third kappa shape index (κ3) is 3.52. The number of pyridine rings is 1. The summed E-state index contributed by atoms with van der Waals surface area (Å²) in [6.07, 6.45) is 2.77. The number of halogens is 3. The summed E-state index contributed by atoms with van der Waals surface area (Å²) in [4.78, 5) is 4.53. The largest absolute Gasteiger partial charge is 0.260 e. The molecular formula is C16H16Br3N. The fraction of sp³-hybridized carbons (Fsp3) is 0.312. The summed E-state index contributed by atoms with van der Waals surface area (Å²) in [5, 5.41) is 1.79. The van der Waals surface area contributed by atoms with Crippen molar-refractivity contribution in [3.63, 3.8) is 0 Å². The van der Waals surface area contributed by atoms with Crippen LogP contribution in [0.25, 0.3) is 0 Å². The van der Waals surface area contributed by atoms with E-state index >= 15 is 0 Å². The minimum Gasteiger partial charge on any atom is -0.260 e. The van der Waals surface area contributed by atoms with E-state index in [1.807, 2.05) is 12.3 Å². The van der Waals surface area contributed by atoms with Gasteiger partial charge in [-0.25, -0.2) is 0 Å². The Hall–Kier alpha value is -0.190. The van der Waals surface area contributed by atoms with E-state index in [4.69, 9.17) is 0 Å². The summed E-state index contributed by atoms with van der Waals surface area (Å²) in [7, 11) is 0. The second-order valence-corrected chi connectivity index (χ2v) is 7.04. The molecule has 1 aromatic carbocycles. The molecule has 2 aromatic rings. The molecule has 1 aromatic heterocycles. The second kappa shape index (κ2) is 7.19. The molecule has 0 amide bonds. The highest BCUT2D eigenvalue weighted by atomic mass is 79.9. The highest BCUT2D eigenvalue weighted by Crippen LogP contribution is 2.34. The average molecular weight is 462 g/mol. The van der Waals surface area contributed by atoms with Crippen molar-refractivity contribution in [1.29, 1.82) is 0 Å². The van der Waals surface area contributed by atoms with Crippen LogP contribution in [0.3, 0.4) is 0 Å². The van der Waals surface area contributed by atoms with Crippen LogP contribution in [-0.2, 0) is 11.8 Å². The molecule has 1 nitrogen and oxygen atoms in total. The summed E-state index contributed by atoms with van der Waals surface area (Å²) < 4.78 is 1.01. The van der Waals surface area contributed by atoms with E-state index in [1.54, 1.807) is 0 Å². The van der Waals surface area contributed by atoms with Crippen LogP contribution in [-0.4, -0.2) is 15.6 Å². The predicted octanol–water partition coefficient (Wildman–Crippen LogP) is 5.42. The molecule has 1 heterocycles. The number of hydrogen-bond donors (Lipinski definition) is 0. The molecule has 0 radical (unpaired) electrons. The van der Waals surface area contributed by atoms with E-state index in [1.165, 1.54) is 11.1 Å². The Labute approximate surface area is 145 Å². The lowest BCUT2D eigenvalue weighted by Crippen LogP contribution is -2.34. The van der Waals surface area contributed by atoms with Crippen LogP contribution < -0.4 is 0 Å². The number of rotatable bonds is 5. The lowest BCUT2D eigenvalue weighted by molar-refractivity contribution is 0.540. The van der Waals surface area contributed by atoms with E-state index in [0.717, 1.165) is 27.2 Å². The maximum atomic E-state index is 4.53. The van der Waals surface area contributed by atoms with Crippen LogP contribution >= 0.6 is 47.8 Å². The zero-order valence-electron chi connectivity index (χ0n) is 11.2. The van der Waals surface area contributed by atoms with Crippen molar-refractivity contribution < 1.29 is 0 Å². The predicted molar refractivity (Wildman–Crippen MR) is 96.1 cm³/mol. The van der Waals surface area contributed by atoms with Crippen molar-refractivity contribution in [3.8, 4) is 0 Å². The van der Waals surface area contributed by atoms with Gasteiger partial charge in [0.1, 0.15) is 0 Å². The van der Waals surface area contributed by atoms with Gasteiger partial charge < -0.3 is 0 Å². The van der Waals surface area contributed by atoms with Gasteiger partial charge in [0.25, 0.3) is 0 Å². The Morgan fingerprint density at radius 1 is 1.05 bits per heavy atom. The molecule has 106 valence electrons. The van der Waals surface area contributed by atoms with Gasteiger partial charge in [0.05, 0.1) is 0 Å². The lowest BCUT2D eigenvalue weighted by atomic mass is 9.78.